The molecule has 130 valence electrons. The SMILES string of the molecule is Cc1c(N)cccc1-c1cccc(NC(=O)c2ccc(C=O)cn2)c1C. The normalized spacial score (nSPS) is 10.4. The molecular formula is C21H19N3O2. The maximum Gasteiger partial charge on any atom is 0.274 e. The third kappa shape index (κ3) is 3.32. The second-order valence-electron chi connectivity index (χ2n) is 6.05. The lowest BCUT2D eigenvalue weighted by atomic mass is 9.95. The van der Waals surface area contributed by atoms with Crippen LogP contribution in [0.4, 0.5) is 11.4 Å². The maximum atomic E-state index is 12.5. The van der Waals surface area contributed by atoms with E-state index in [-0.39, 0.29) is 11.6 Å². The van der Waals surface area contributed by atoms with Gasteiger partial charge in [-0.3, -0.25) is 14.6 Å². The van der Waals surface area contributed by atoms with Crippen LogP contribution in [0.2, 0.25) is 0 Å². The summed E-state index contributed by atoms with van der Waals surface area (Å²) < 4.78 is 0. The molecule has 1 aromatic heterocycles. The molecule has 0 aliphatic carbocycles. The quantitative estimate of drug-likeness (QED) is 0.552. The number of nitrogens with two attached hydrogens (primary N) is 1. The van der Waals surface area contributed by atoms with Gasteiger partial charge in [0.2, 0.25) is 0 Å². The van der Waals surface area contributed by atoms with Crippen molar-refractivity contribution in [3.63, 3.8) is 0 Å². The summed E-state index contributed by atoms with van der Waals surface area (Å²) in [6.45, 7) is 3.93. The Kier molecular flexibility index (Phi) is 4.80. The Morgan fingerprint density at radius 3 is 2.35 bits per heavy atom. The molecule has 3 N–H and O–H groups in total. The summed E-state index contributed by atoms with van der Waals surface area (Å²) in [6.07, 6.45) is 2.07. The lowest BCUT2D eigenvalue weighted by molar-refractivity contribution is 0.102. The highest BCUT2D eigenvalue weighted by molar-refractivity contribution is 6.04. The Morgan fingerprint density at radius 1 is 1.00 bits per heavy atom. The minimum Gasteiger partial charge on any atom is -0.398 e. The van der Waals surface area contributed by atoms with Crippen molar-refractivity contribution < 1.29 is 9.59 Å². The van der Waals surface area contributed by atoms with Gasteiger partial charge in [-0.2, -0.15) is 0 Å². The standard InChI is InChI=1S/C21H19N3O2/c1-13-16(5-3-7-18(13)22)17-6-4-8-19(14(17)2)24-21(26)20-10-9-15(12-25)11-23-20/h3-12H,22H2,1-2H3,(H,24,26). The second-order valence-corrected chi connectivity index (χ2v) is 6.05. The highest BCUT2D eigenvalue weighted by atomic mass is 16.1. The number of aromatic nitrogens is 1. The van der Waals surface area contributed by atoms with Crippen LogP contribution in [-0.2, 0) is 0 Å². The summed E-state index contributed by atoms with van der Waals surface area (Å²) in [7, 11) is 0. The average Bonchev–Trinajstić information content (AvgIpc) is 2.66. The van der Waals surface area contributed by atoms with Gasteiger partial charge in [0.25, 0.3) is 5.91 Å². The summed E-state index contributed by atoms with van der Waals surface area (Å²) in [5.41, 5.74) is 12.1. The van der Waals surface area contributed by atoms with Gasteiger partial charge in [-0.15, -0.1) is 0 Å². The third-order valence-electron chi connectivity index (χ3n) is 4.40. The first-order chi connectivity index (χ1) is 12.5. The summed E-state index contributed by atoms with van der Waals surface area (Å²) in [5.74, 6) is -0.327. The van der Waals surface area contributed by atoms with E-state index >= 15 is 0 Å². The Hall–Kier alpha value is -3.47. The molecule has 0 radical (unpaired) electrons. The number of amides is 1. The molecule has 3 aromatic rings. The van der Waals surface area contributed by atoms with Gasteiger partial charge in [0.15, 0.2) is 6.29 Å². The van der Waals surface area contributed by atoms with Gasteiger partial charge < -0.3 is 11.1 Å². The van der Waals surface area contributed by atoms with Gasteiger partial charge in [0.1, 0.15) is 5.69 Å². The zero-order valence-corrected chi connectivity index (χ0v) is 14.6. The van der Waals surface area contributed by atoms with Crippen LogP contribution < -0.4 is 11.1 Å². The van der Waals surface area contributed by atoms with Crippen LogP contribution in [0.3, 0.4) is 0 Å². The Bertz CT molecular complexity index is 979. The number of aldehydes is 1. The Labute approximate surface area is 151 Å². The predicted octanol–water partition coefficient (Wildman–Crippen LogP) is 4.01. The molecule has 26 heavy (non-hydrogen) atoms. The molecule has 2 aromatic carbocycles. The summed E-state index contributed by atoms with van der Waals surface area (Å²) in [4.78, 5) is 27.2. The van der Waals surface area contributed by atoms with Crippen molar-refractivity contribution >= 4 is 23.6 Å². The van der Waals surface area contributed by atoms with Crippen LogP contribution in [-0.4, -0.2) is 17.2 Å². The van der Waals surface area contributed by atoms with E-state index in [1.807, 2.05) is 50.2 Å². The summed E-state index contributed by atoms with van der Waals surface area (Å²) in [5, 5.41) is 2.89. The molecule has 0 aliphatic heterocycles. The zero-order valence-electron chi connectivity index (χ0n) is 14.6. The Morgan fingerprint density at radius 2 is 1.69 bits per heavy atom. The molecule has 1 heterocycles. The smallest absolute Gasteiger partial charge is 0.274 e. The van der Waals surface area contributed by atoms with Gasteiger partial charge in [0.05, 0.1) is 0 Å². The van der Waals surface area contributed by atoms with Crippen molar-refractivity contribution in [2.24, 2.45) is 0 Å². The Balaban J connectivity index is 1.93. The zero-order chi connectivity index (χ0) is 18.7. The minimum absolute atomic E-state index is 0.250. The van der Waals surface area contributed by atoms with E-state index in [2.05, 4.69) is 10.3 Å². The van der Waals surface area contributed by atoms with E-state index in [9.17, 15) is 9.59 Å². The minimum atomic E-state index is -0.327. The van der Waals surface area contributed by atoms with Gasteiger partial charge in [0, 0.05) is 23.1 Å². The molecule has 5 nitrogen and oxygen atoms in total. The number of nitrogens with one attached hydrogen (secondary N) is 1. The van der Waals surface area contributed by atoms with Crippen molar-refractivity contribution in [1.82, 2.24) is 4.98 Å². The molecule has 3 rings (SSSR count). The molecule has 5 heteroatoms. The number of nitrogen functional groups attached to an aromatic ring is 1. The van der Waals surface area contributed by atoms with Crippen LogP contribution in [0, 0.1) is 13.8 Å². The molecule has 0 saturated carbocycles. The first-order valence-corrected chi connectivity index (χ1v) is 8.19. The summed E-state index contributed by atoms with van der Waals surface area (Å²) in [6, 6.07) is 14.6. The number of anilines is 2. The van der Waals surface area contributed by atoms with E-state index in [1.54, 1.807) is 6.07 Å². The van der Waals surface area contributed by atoms with Crippen molar-refractivity contribution in [2.75, 3.05) is 11.1 Å². The van der Waals surface area contributed by atoms with Crippen LogP contribution >= 0.6 is 0 Å². The largest absolute Gasteiger partial charge is 0.398 e. The van der Waals surface area contributed by atoms with E-state index < -0.39 is 0 Å². The molecule has 0 bridgehead atoms. The van der Waals surface area contributed by atoms with Crippen molar-refractivity contribution in [3.8, 4) is 11.1 Å². The van der Waals surface area contributed by atoms with Crippen LogP contribution in [0.15, 0.2) is 54.7 Å². The number of carbonyl (C=O) groups excluding carboxylic acids is 2. The van der Waals surface area contributed by atoms with E-state index in [0.717, 1.165) is 27.9 Å². The number of hydrogen-bond donors (Lipinski definition) is 2. The summed E-state index contributed by atoms with van der Waals surface area (Å²) >= 11 is 0. The van der Waals surface area contributed by atoms with Crippen molar-refractivity contribution in [1.29, 1.82) is 0 Å². The van der Waals surface area contributed by atoms with Crippen LogP contribution in [0.1, 0.15) is 32.0 Å². The first kappa shape index (κ1) is 17.4. The number of pyridine rings is 1. The molecule has 0 unspecified atom stereocenters. The number of nitrogens with zero attached hydrogens (tertiary/aromatic N) is 1. The first-order valence-electron chi connectivity index (χ1n) is 8.19. The van der Waals surface area contributed by atoms with Crippen LogP contribution in [0.25, 0.3) is 11.1 Å². The van der Waals surface area contributed by atoms with E-state index in [1.165, 1.54) is 12.3 Å². The van der Waals surface area contributed by atoms with E-state index in [4.69, 9.17) is 5.73 Å². The number of hydrogen-bond acceptors (Lipinski definition) is 4. The number of rotatable bonds is 4. The maximum absolute atomic E-state index is 12.5. The van der Waals surface area contributed by atoms with Gasteiger partial charge in [-0.05, 0) is 60.4 Å². The molecule has 0 fully saturated rings. The molecule has 1 amide bonds. The van der Waals surface area contributed by atoms with Crippen molar-refractivity contribution in [2.45, 2.75) is 13.8 Å². The predicted molar refractivity (Wildman–Crippen MR) is 103 cm³/mol. The fourth-order valence-electron chi connectivity index (χ4n) is 2.80. The second kappa shape index (κ2) is 7.19. The lowest BCUT2D eigenvalue weighted by Crippen LogP contribution is -2.14. The topological polar surface area (TPSA) is 85.1 Å². The van der Waals surface area contributed by atoms with Gasteiger partial charge in [-0.25, -0.2) is 0 Å². The molecule has 0 spiro atoms. The molecule has 0 atom stereocenters. The van der Waals surface area contributed by atoms with Crippen molar-refractivity contribution in [3.05, 3.63) is 77.1 Å². The third-order valence-corrected chi connectivity index (χ3v) is 4.40. The van der Waals surface area contributed by atoms with Crippen LogP contribution in [0.5, 0.6) is 0 Å². The highest BCUT2D eigenvalue weighted by Gasteiger charge is 2.13. The average molecular weight is 345 g/mol. The molecule has 0 aliphatic rings. The monoisotopic (exact) mass is 345 g/mol. The lowest BCUT2D eigenvalue weighted by Gasteiger charge is -2.15. The highest BCUT2D eigenvalue weighted by Crippen LogP contribution is 2.32. The number of carbonyl (C=O) groups is 2. The number of benzene rings is 2. The fraction of sp³-hybridized carbons (Fsp3) is 0.0952. The van der Waals surface area contributed by atoms with Gasteiger partial charge in [-0.1, -0.05) is 24.3 Å². The molecular weight excluding hydrogens is 326 g/mol. The van der Waals surface area contributed by atoms with Gasteiger partial charge >= 0.3 is 0 Å². The fourth-order valence-corrected chi connectivity index (χ4v) is 2.80. The molecule has 0 saturated heterocycles. The van der Waals surface area contributed by atoms with E-state index in [0.29, 0.717) is 17.5 Å².